The van der Waals surface area contributed by atoms with Gasteiger partial charge in [-0.05, 0) is 24.5 Å². The largest absolute Gasteiger partial charge is 0.355 e. The number of thioether (sulfide) groups is 2. The molecule has 1 aromatic carbocycles. The number of hydrogen-bond donors (Lipinski definition) is 1. The van der Waals surface area contributed by atoms with Crippen molar-refractivity contribution in [2.24, 2.45) is 0 Å². The first-order chi connectivity index (χ1) is 10.8. The Kier molecular flexibility index (Phi) is 8.56. The molecule has 1 aromatic rings. The Morgan fingerprint density at radius 1 is 1.23 bits per heavy atom. The number of benzene rings is 1. The fraction of sp³-hybridized carbons (Fsp3) is 0.588. The molecule has 1 N–H and O–H groups in total. The summed E-state index contributed by atoms with van der Waals surface area (Å²) >= 11 is 9.73. The number of carbonyl (C=O) groups excluding carboxylic acids is 1. The van der Waals surface area contributed by atoms with Crippen molar-refractivity contribution in [2.75, 3.05) is 18.1 Å². The maximum Gasteiger partial charge on any atom is 0.230 e. The van der Waals surface area contributed by atoms with Crippen molar-refractivity contribution in [3.05, 3.63) is 34.9 Å². The third-order valence-electron chi connectivity index (χ3n) is 3.78. The van der Waals surface area contributed by atoms with Crippen molar-refractivity contribution in [3.63, 3.8) is 0 Å². The summed E-state index contributed by atoms with van der Waals surface area (Å²) in [5.41, 5.74) is 1.09. The van der Waals surface area contributed by atoms with Crippen molar-refractivity contribution in [2.45, 2.75) is 43.1 Å². The second-order valence-corrected chi connectivity index (χ2v) is 8.37. The van der Waals surface area contributed by atoms with E-state index in [1.54, 1.807) is 11.8 Å². The van der Waals surface area contributed by atoms with E-state index in [4.69, 9.17) is 11.6 Å². The lowest BCUT2D eigenvalue weighted by molar-refractivity contribution is -0.118. The van der Waals surface area contributed by atoms with Gasteiger partial charge in [0, 0.05) is 28.3 Å². The van der Waals surface area contributed by atoms with Crippen LogP contribution in [0, 0.1) is 0 Å². The fourth-order valence-corrected chi connectivity index (χ4v) is 4.93. The first-order valence-electron chi connectivity index (χ1n) is 7.95. The molecule has 2 nitrogen and oxygen atoms in total. The van der Waals surface area contributed by atoms with Crippen LogP contribution in [0.3, 0.4) is 0 Å². The quantitative estimate of drug-likeness (QED) is 0.680. The molecule has 0 aromatic heterocycles. The van der Waals surface area contributed by atoms with Gasteiger partial charge in [0.2, 0.25) is 5.91 Å². The Labute approximate surface area is 147 Å². The average molecular weight is 358 g/mol. The molecule has 1 saturated carbocycles. The van der Waals surface area contributed by atoms with E-state index in [-0.39, 0.29) is 5.91 Å². The van der Waals surface area contributed by atoms with Gasteiger partial charge in [0.05, 0.1) is 5.75 Å². The van der Waals surface area contributed by atoms with Crippen LogP contribution in [0.15, 0.2) is 24.3 Å². The van der Waals surface area contributed by atoms with E-state index >= 15 is 0 Å². The molecule has 0 atom stereocenters. The summed E-state index contributed by atoms with van der Waals surface area (Å²) in [6.07, 6.45) is 6.86. The minimum atomic E-state index is 0.126. The molecule has 0 bridgehead atoms. The Hall–Kier alpha value is -0.320. The molecular formula is C17H24ClNOS2. The maximum absolute atomic E-state index is 11.8. The van der Waals surface area contributed by atoms with Gasteiger partial charge in [-0.15, -0.1) is 11.8 Å². The summed E-state index contributed by atoms with van der Waals surface area (Å²) in [6, 6.07) is 7.80. The molecule has 0 radical (unpaired) electrons. The zero-order valence-corrected chi connectivity index (χ0v) is 15.2. The van der Waals surface area contributed by atoms with Gasteiger partial charge in [-0.25, -0.2) is 0 Å². The Morgan fingerprint density at radius 3 is 2.77 bits per heavy atom. The lowest BCUT2D eigenvalue weighted by atomic mass is 10.0. The van der Waals surface area contributed by atoms with Crippen LogP contribution >= 0.6 is 35.1 Å². The summed E-state index contributed by atoms with van der Waals surface area (Å²) in [4.78, 5) is 11.8. The molecule has 0 saturated heterocycles. The molecule has 1 aliphatic rings. The Bertz CT molecular complexity index is 464. The molecule has 0 unspecified atom stereocenters. The lowest BCUT2D eigenvalue weighted by Gasteiger charge is -2.20. The highest BCUT2D eigenvalue weighted by Gasteiger charge is 2.13. The van der Waals surface area contributed by atoms with Gasteiger partial charge >= 0.3 is 0 Å². The summed E-state index contributed by atoms with van der Waals surface area (Å²) in [5, 5.41) is 4.61. The minimum absolute atomic E-state index is 0.126. The SMILES string of the molecule is O=C(CSCc1ccccc1Cl)NCCSC1CCCCC1. The van der Waals surface area contributed by atoms with E-state index in [0.717, 1.165) is 33.9 Å². The highest BCUT2D eigenvalue weighted by Crippen LogP contribution is 2.27. The van der Waals surface area contributed by atoms with E-state index in [1.165, 1.54) is 32.1 Å². The smallest absolute Gasteiger partial charge is 0.230 e. The van der Waals surface area contributed by atoms with Gasteiger partial charge in [-0.1, -0.05) is 49.1 Å². The van der Waals surface area contributed by atoms with Crippen molar-refractivity contribution >= 4 is 41.0 Å². The third-order valence-corrected chi connectivity index (χ3v) is 6.51. The van der Waals surface area contributed by atoms with Gasteiger partial charge in [-0.3, -0.25) is 4.79 Å². The number of hydrogen-bond acceptors (Lipinski definition) is 3. The van der Waals surface area contributed by atoms with Crippen molar-refractivity contribution in [3.8, 4) is 0 Å². The van der Waals surface area contributed by atoms with Crippen molar-refractivity contribution in [1.82, 2.24) is 5.32 Å². The van der Waals surface area contributed by atoms with Crippen LogP contribution in [0.5, 0.6) is 0 Å². The highest BCUT2D eigenvalue weighted by molar-refractivity contribution is 8.00. The van der Waals surface area contributed by atoms with Crippen LogP contribution in [0.1, 0.15) is 37.7 Å². The molecule has 122 valence electrons. The summed E-state index contributed by atoms with van der Waals surface area (Å²) < 4.78 is 0. The topological polar surface area (TPSA) is 29.1 Å². The second kappa shape index (κ2) is 10.5. The van der Waals surface area contributed by atoms with Gasteiger partial charge in [0.15, 0.2) is 0 Å². The van der Waals surface area contributed by atoms with Crippen LogP contribution in [0.25, 0.3) is 0 Å². The number of rotatable bonds is 8. The van der Waals surface area contributed by atoms with Crippen LogP contribution in [0.4, 0.5) is 0 Å². The van der Waals surface area contributed by atoms with Gasteiger partial charge in [-0.2, -0.15) is 11.8 Å². The van der Waals surface area contributed by atoms with E-state index in [0.29, 0.717) is 5.75 Å². The molecule has 22 heavy (non-hydrogen) atoms. The second-order valence-electron chi connectivity index (χ2n) is 5.56. The zero-order chi connectivity index (χ0) is 15.6. The maximum atomic E-state index is 11.8. The average Bonchev–Trinajstić information content (AvgIpc) is 2.54. The first kappa shape index (κ1) is 18.0. The van der Waals surface area contributed by atoms with E-state index in [2.05, 4.69) is 5.32 Å². The lowest BCUT2D eigenvalue weighted by Crippen LogP contribution is -2.28. The van der Waals surface area contributed by atoms with Crippen LogP contribution in [0.2, 0.25) is 5.02 Å². The molecule has 1 aliphatic carbocycles. The fourth-order valence-electron chi connectivity index (χ4n) is 2.57. The number of nitrogens with one attached hydrogen (secondary N) is 1. The highest BCUT2D eigenvalue weighted by atomic mass is 35.5. The predicted octanol–water partition coefficient (Wildman–Crippen LogP) is 4.76. The summed E-state index contributed by atoms with van der Waals surface area (Å²) in [7, 11) is 0. The van der Waals surface area contributed by atoms with E-state index < -0.39 is 0 Å². The van der Waals surface area contributed by atoms with Gasteiger partial charge < -0.3 is 5.32 Å². The molecule has 1 amide bonds. The first-order valence-corrected chi connectivity index (χ1v) is 10.5. The summed E-state index contributed by atoms with van der Waals surface area (Å²) in [6.45, 7) is 0.784. The van der Waals surface area contributed by atoms with Crippen molar-refractivity contribution < 1.29 is 4.79 Å². The molecule has 0 aliphatic heterocycles. The van der Waals surface area contributed by atoms with Crippen molar-refractivity contribution in [1.29, 1.82) is 0 Å². The minimum Gasteiger partial charge on any atom is -0.355 e. The molecule has 0 heterocycles. The Balaban J connectivity index is 1.51. The molecular weight excluding hydrogens is 334 g/mol. The number of amides is 1. The number of halogens is 1. The monoisotopic (exact) mass is 357 g/mol. The van der Waals surface area contributed by atoms with E-state index in [9.17, 15) is 4.79 Å². The van der Waals surface area contributed by atoms with E-state index in [1.807, 2.05) is 36.0 Å². The molecule has 1 fully saturated rings. The molecule has 5 heteroatoms. The van der Waals surface area contributed by atoms with Crippen LogP contribution in [-0.2, 0) is 10.5 Å². The molecule has 0 spiro atoms. The number of carbonyl (C=O) groups is 1. The van der Waals surface area contributed by atoms with Crippen LogP contribution in [-0.4, -0.2) is 29.2 Å². The zero-order valence-electron chi connectivity index (χ0n) is 12.9. The van der Waals surface area contributed by atoms with Gasteiger partial charge in [0.25, 0.3) is 0 Å². The summed E-state index contributed by atoms with van der Waals surface area (Å²) in [5.74, 6) is 2.44. The Morgan fingerprint density at radius 2 is 2.00 bits per heavy atom. The predicted molar refractivity (Wildman–Crippen MR) is 100.0 cm³/mol. The standard InChI is InChI=1S/C17H24ClNOS2/c18-16-9-5-4-6-14(16)12-21-13-17(20)19-10-11-22-15-7-2-1-3-8-15/h4-6,9,15H,1-3,7-8,10-13H2,(H,19,20). The third kappa shape index (κ3) is 6.84. The molecule has 2 rings (SSSR count). The normalized spacial score (nSPS) is 15.7. The van der Waals surface area contributed by atoms with Crippen LogP contribution < -0.4 is 5.32 Å². The van der Waals surface area contributed by atoms with Gasteiger partial charge in [0.1, 0.15) is 0 Å².